The van der Waals surface area contributed by atoms with Gasteiger partial charge in [-0.2, -0.15) is 0 Å². The Hall–Kier alpha value is -1.55. The molecule has 104 valence electrons. The molecule has 0 spiro atoms. The van der Waals surface area contributed by atoms with Crippen LogP contribution in [0.2, 0.25) is 10.0 Å². The van der Waals surface area contributed by atoms with Crippen molar-refractivity contribution < 1.29 is 4.74 Å². The highest BCUT2D eigenvalue weighted by molar-refractivity contribution is 6.31. The molecule has 0 saturated heterocycles. The Labute approximate surface area is 127 Å². The molecule has 5 heteroatoms. The third-order valence-electron chi connectivity index (χ3n) is 2.78. The van der Waals surface area contributed by atoms with E-state index in [1.54, 1.807) is 12.1 Å². The highest BCUT2D eigenvalue weighted by atomic mass is 35.5. The van der Waals surface area contributed by atoms with Crippen molar-refractivity contribution in [2.75, 3.05) is 0 Å². The summed E-state index contributed by atoms with van der Waals surface area (Å²) < 4.78 is 5.61. The minimum atomic E-state index is -0.00158. The number of hydrogen-bond acceptors (Lipinski definition) is 2. The van der Waals surface area contributed by atoms with Gasteiger partial charge < -0.3 is 10.5 Å². The monoisotopic (exact) mass is 308 g/mol. The third kappa shape index (κ3) is 3.97. The van der Waals surface area contributed by atoms with Gasteiger partial charge in [0.05, 0.1) is 13.2 Å². The van der Waals surface area contributed by atoms with Gasteiger partial charge in [0.25, 0.3) is 0 Å². The molecule has 0 aliphatic heterocycles. The van der Waals surface area contributed by atoms with E-state index >= 15 is 0 Å². The first-order valence-corrected chi connectivity index (χ1v) is 6.77. The van der Waals surface area contributed by atoms with E-state index < -0.39 is 0 Å². The Balaban J connectivity index is 1.96. The minimum Gasteiger partial charge on any atom is -0.384 e. The Morgan fingerprint density at radius 1 is 1.10 bits per heavy atom. The fourth-order valence-electron chi connectivity index (χ4n) is 1.74. The van der Waals surface area contributed by atoms with E-state index in [1.807, 2.05) is 30.3 Å². The summed E-state index contributed by atoms with van der Waals surface area (Å²) in [7, 11) is 0. The molecule has 0 amide bonds. The van der Waals surface area contributed by atoms with Gasteiger partial charge in [0, 0.05) is 15.6 Å². The Morgan fingerprint density at radius 2 is 1.90 bits per heavy atom. The van der Waals surface area contributed by atoms with Crippen molar-refractivity contribution in [3.05, 3.63) is 69.2 Å². The smallest absolute Gasteiger partial charge is 0.122 e. The molecule has 2 aromatic rings. The molecular weight excluding hydrogens is 295 g/mol. The van der Waals surface area contributed by atoms with Gasteiger partial charge in [-0.3, -0.25) is 5.41 Å². The van der Waals surface area contributed by atoms with E-state index in [0.29, 0.717) is 28.8 Å². The van der Waals surface area contributed by atoms with Crippen LogP contribution in [0, 0.1) is 5.41 Å². The van der Waals surface area contributed by atoms with E-state index in [9.17, 15) is 0 Å². The molecule has 0 aliphatic carbocycles. The first-order chi connectivity index (χ1) is 9.56. The molecule has 0 atom stereocenters. The van der Waals surface area contributed by atoms with Crippen LogP contribution in [0.1, 0.15) is 16.7 Å². The zero-order chi connectivity index (χ0) is 14.5. The SMILES string of the molecule is N=C(N)c1ccc(COCc2cccc(Cl)c2)c(Cl)c1. The molecule has 0 aliphatic rings. The van der Waals surface area contributed by atoms with Gasteiger partial charge in [-0.05, 0) is 29.3 Å². The average Bonchev–Trinajstić information content (AvgIpc) is 2.40. The summed E-state index contributed by atoms with van der Waals surface area (Å²) in [5.41, 5.74) is 7.88. The molecule has 3 nitrogen and oxygen atoms in total. The Bertz CT molecular complexity index is 629. The van der Waals surface area contributed by atoms with E-state index in [1.165, 1.54) is 0 Å². The van der Waals surface area contributed by atoms with Crippen molar-refractivity contribution in [1.82, 2.24) is 0 Å². The predicted molar refractivity (Wildman–Crippen MR) is 82.4 cm³/mol. The highest BCUT2D eigenvalue weighted by Crippen LogP contribution is 2.19. The Kier molecular flexibility index (Phi) is 5.01. The number of nitrogen functional groups attached to an aromatic ring is 1. The van der Waals surface area contributed by atoms with E-state index in [0.717, 1.165) is 11.1 Å². The normalized spacial score (nSPS) is 10.5. The van der Waals surface area contributed by atoms with Gasteiger partial charge in [0.1, 0.15) is 5.84 Å². The molecule has 0 fully saturated rings. The van der Waals surface area contributed by atoms with Crippen molar-refractivity contribution in [3.63, 3.8) is 0 Å². The number of rotatable bonds is 5. The third-order valence-corrected chi connectivity index (χ3v) is 3.37. The number of ether oxygens (including phenoxy) is 1. The van der Waals surface area contributed by atoms with Gasteiger partial charge in [0.2, 0.25) is 0 Å². The first-order valence-electron chi connectivity index (χ1n) is 6.01. The van der Waals surface area contributed by atoms with Crippen molar-refractivity contribution in [2.45, 2.75) is 13.2 Å². The summed E-state index contributed by atoms with van der Waals surface area (Å²) in [6, 6.07) is 12.8. The average molecular weight is 309 g/mol. The van der Waals surface area contributed by atoms with Crippen LogP contribution < -0.4 is 5.73 Å². The number of nitrogens with two attached hydrogens (primary N) is 1. The number of halogens is 2. The summed E-state index contributed by atoms with van der Waals surface area (Å²) in [6.07, 6.45) is 0. The molecule has 0 saturated carbocycles. The Morgan fingerprint density at radius 3 is 2.55 bits per heavy atom. The second-order valence-corrected chi connectivity index (χ2v) is 5.19. The summed E-state index contributed by atoms with van der Waals surface area (Å²) in [4.78, 5) is 0. The van der Waals surface area contributed by atoms with Crippen molar-refractivity contribution >= 4 is 29.0 Å². The summed E-state index contributed by atoms with van der Waals surface area (Å²) in [6.45, 7) is 0.856. The van der Waals surface area contributed by atoms with Gasteiger partial charge in [-0.15, -0.1) is 0 Å². The predicted octanol–water partition coefficient (Wildman–Crippen LogP) is 3.99. The van der Waals surface area contributed by atoms with Crippen LogP contribution in [0.3, 0.4) is 0 Å². The molecule has 20 heavy (non-hydrogen) atoms. The quantitative estimate of drug-likeness (QED) is 0.648. The van der Waals surface area contributed by atoms with E-state index in [-0.39, 0.29) is 5.84 Å². The zero-order valence-corrected chi connectivity index (χ0v) is 12.2. The molecule has 0 radical (unpaired) electrons. The lowest BCUT2D eigenvalue weighted by Gasteiger charge is -2.08. The summed E-state index contributed by atoms with van der Waals surface area (Å²) in [5.74, 6) is -0.00158. The summed E-state index contributed by atoms with van der Waals surface area (Å²) in [5, 5.41) is 8.58. The topological polar surface area (TPSA) is 59.1 Å². The number of amidine groups is 1. The van der Waals surface area contributed by atoms with Crippen LogP contribution in [-0.4, -0.2) is 5.84 Å². The van der Waals surface area contributed by atoms with Gasteiger partial charge in [0.15, 0.2) is 0 Å². The van der Waals surface area contributed by atoms with E-state index in [2.05, 4.69) is 0 Å². The molecule has 0 aromatic heterocycles. The zero-order valence-electron chi connectivity index (χ0n) is 10.7. The lowest BCUT2D eigenvalue weighted by Crippen LogP contribution is -2.11. The number of hydrogen-bond donors (Lipinski definition) is 2. The van der Waals surface area contributed by atoms with Crippen molar-refractivity contribution in [3.8, 4) is 0 Å². The van der Waals surface area contributed by atoms with Crippen LogP contribution >= 0.6 is 23.2 Å². The van der Waals surface area contributed by atoms with Crippen LogP contribution in [0.15, 0.2) is 42.5 Å². The van der Waals surface area contributed by atoms with Crippen LogP contribution in [-0.2, 0) is 18.0 Å². The fourth-order valence-corrected chi connectivity index (χ4v) is 2.19. The van der Waals surface area contributed by atoms with Crippen molar-refractivity contribution in [2.24, 2.45) is 5.73 Å². The summed E-state index contributed by atoms with van der Waals surface area (Å²) >= 11 is 12.0. The molecule has 0 heterocycles. The van der Waals surface area contributed by atoms with Gasteiger partial charge in [-0.25, -0.2) is 0 Å². The number of benzene rings is 2. The second-order valence-electron chi connectivity index (χ2n) is 4.34. The highest BCUT2D eigenvalue weighted by Gasteiger charge is 2.04. The number of nitrogens with one attached hydrogen (secondary N) is 1. The van der Waals surface area contributed by atoms with Gasteiger partial charge in [-0.1, -0.05) is 47.5 Å². The minimum absolute atomic E-state index is 0.00158. The standard InChI is InChI=1S/C15H14Cl2N2O/c16-13-3-1-2-10(6-13)8-20-9-12-5-4-11(15(18)19)7-14(12)17/h1-7H,8-9H2,(H3,18,19). The lowest BCUT2D eigenvalue weighted by molar-refractivity contribution is 0.107. The molecule has 0 bridgehead atoms. The fraction of sp³-hybridized carbons (Fsp3) is 0.133. The molecule has 0 unspecified atom stereocenters. The van der Waals surface area contributed by atoms with Crippen LogP contribution in [0.5, 0.6) is 0 Å². The lowest BCUT2D eigenvalue weighted by atomic mass is 10.1. The van der Waals surface area contributed by atoms with Crippen LogP contribution in [0.4, 0.5) is 0 Å². The van der Waals surface area contributed by atoms with Gasteiger partial charge >= 0.3 is 0 Å². The molecule has 2 aromatic carbocycles. The second kappa shape index (κ2) is 6.75. The molecule has 2 rings (SSSR count). The molecular formula is C15H14Cl2N2O. The maximum absolute atomic E-state index is 7.35. The maximum Gasteiger partial charge on any atom is 0.122 e. The largest absolute Gasteiger partial charge is 0.384 e. The van der Waals surface area contributed by atoms with Crippen LogP contribution in [0.25, 0.3) is 0 Å². The first kappa shape index (κ1) is 14.9. The van der Waals surface area contributed by atoms with Crippen molar-refractivity contribution in [1.29, 1.82) is 5.41 Å². The molecule has 3 N–H and O–H groups in total. The maximum atomic E-state index is 7.35. The van der Waals surface area contributed by atoms with E-state index in [4.69, 9.17) is 39.1 Å².